The molecule has 1 unspecified atom stereocenters. The van der Waals surface area contributed by atoms with Gasteiger partial charge >= 0.3 is 5.97 Å². The summed E-state index contributed by atoms with van der Waals surface area (Å²) in [5, 5.41) is 12.0. The molecule has 120 valence electrons. The van der Waals surface area contributed by atoms with Gasteiger partial charge in [-0.15, -0.1) is 0 Å². The Morgan fingerprint density at radius 1 is 1.45 bits per heavy atom. The molecule has 0 aliphatic carbocycles. The van der Waals surface area contributed by atoms with Crippen LogP contribution in [-0.2, 0) is 9.59 Å². The zero-order valence-corrected chi connectivity index (χ0v) is 13.4. The lowest BCUT2D eigenvalue weighted by molar-refractivity contribution is -0.146. The number of carbonyl (C=O) groups is 2. The van der Waals surface area contributed by atoms with E-state index in [1.165, 1.54) is 0 Å². The van der Waals surface area contributed by atoms with Gasteiger partial charge in [-0.1, -0.05) is 12.1 Å². The number of rotatable bonds is 7. The summed E-state index contributed by atoms with van der Waals surface area (Å²) >= 11 is 1.56. The highest BCUT2D eigenvalue weighted by Crippen LogP contribution is 2.28. The summed E-state index contributed by atoms with van der Waals surface area (Å²) < 4.78 is 5.58. The molecule has 22 heavy (non-hydrogen) atoms. The number of amides is 1. The number of thioether (sulfide) groups is 1. The van der Waals surface area contributed by atoms with Crippen molar-refractivity contribution >= 4 is 23.6 Å². The smallest absolute Gasteiger partial charge is 0.330 e. The number of aryl methyl sites for hydroxylation is 1. The van der Waals surface area contributed by atoms with Gasteiger partial charge in [-0.05, 0) is 43.2 Å². The highest BCUT2D eigenvalue weighted by Gasteiger charge is 2.43. The van der Waals surface area contributed by atoms with E-state index < -0.39 is 11.5 Å². The first-order valence-electron chi connectivity index (χ1n) is 7.33. The van der Waals surface area contributed by atoms with Crippen LogP contribution in [0.25, 0.3) is 0 Å². The maximum atomic E-state index is 11.9. The molecule has 1 atom stereocenters. The largest absolute Gasteiger partial charge is 0.494 e. The lowest BCUT2D eigenvalue weighted by Gasteiger charge is -2.24. The van der Waals surface area contributed by atoms with Crippen molar-refractivity contribution in [1.82, 2.24) is 5.32 Å². The minimum Gasteiger partial charge on any atom is -0.494 e. The van der Waals surface area contributed by atoms with Gasteiger partial charge in [0.25, 0.3) is 0 Å². The second-order valence-electron chi connectivity index (χ2n) is 5.51. The molecule has 5 nitrogen and oxygen atoms in total. The standard InChI is InChI=1S/C16H21NO4S/c1-12-4-2-5-13(10-12)21-8-3-6-14(18)17-16(15(19)20)7-9-22-11-16/h2,4-5,10H,3,6-9,11H2,1H3,(H,17,18)(H,19,20). The third-order valence-electron chi connectivity index (χ3n) is 3.62. The molecule has 0 radical (unpaired) electrons. The summed E-state index contributed by atoms with van der Waals surface area (Å²) in [5.41, 5.74) is 0.0384. The maximum absolute atomic E-state index is 11.9. The lowest BCUT2D eigenvalue weighted by Crippen LogP contribution is -2.54. The van der Waals surface area contributed by atoms with Crippen LogP contribution in [0.15, 0.2) is 24.3 Å². The molecule has 1 aliphatic heterocycles. The fraction of sp³-hybridized carbons (Fsp3) is 0.500. The number of carboxylic acid groups (broad SMARTS) is 1. The quantitative estimate of drug-likeness (QED) is 0.753. The number of benzene rings is 1. The molecule has 0 spiro atoms. The molecular weight excluding hydrogens is 302 g/mol. The molecule has 0 saturated carbocycles. The normalized spacial score (nSPS) is 20.6. The van der Waals surface area contributed by atoms with Crippen LogP contribution in [-0.4, -0.2) is 40.6 Å². The maximum Gasteiger partial charge on any atom is 0.330 e. The van der Waals surface area contributed by atoms with E-state index in [9.17, 15) is 14.7 Å². The van der Waals surface area contributed by atoms with Crippen molar-refractivity contribution in [2.75, 3.05) is 18.1 Å². The number of aliphatic carboxylic acids is 1. The van der Waals surface area contributed by atoms with Gasteiger partial charge in [-0.3, -0.25) is 4.79 Å². The molecule has 1 aromatic rings. The number of hydrogen-bond donors (Lipinski definition) is 2. The fourth-order valence-corrected chi connectivity index (χ4v) is 3.67. The number of carboxylic acids is 1. The Balaban J connectivity index is 1.72. The Kier molecular flexibility index (Phi) is 5.71. The third kappa shape index (κ3) is 4.40. The van der Waals surface area contributed by atoms with E-state index in [2.05, 4.69) is 5.32 Å². The molecule has 1 amide bonds. The molecule has 0 bridgehead atoms. The van der Waals surface area contributed by atoms with Gasteiger partial charge in [-0.25, -0.2) is 4.79 Å². The highest BCUT2D eigenvalue weighted by atomic mass is 32.2. The topological polar surface area (TPSA) is 75.6 Å². The van der Waals surface area contributed by atoms with Crippen LogP contribution in [0.2, 0.25) is 0 Å². The third-order valence-corrected chi connectivity index (χ3v) is 4.81. The predicted molar refractivity (Wildman–Crippen MR) is 86.4 cm³/mol. The van der Waals surface area contributed by atoms with Crippen molar-refractivity contribution < 1.29 is 19.4 Å². The van der Waals surface area contributed by atoms with Crippen LogP contribution in [0, 0.1) is 6.92 Å². The predicted octanol–water partition coefficient (Wildman–Crippen LogP) is 2.23. The van der Waals surface area contributed by atoms with Crippen molar-refractivity contribution in [3.63, 3.8) is 0 Å². The minimum atomic E-state index is -1.08. The molecule has 2 rings (SSSR count). The van der Waals surface area contributed by atoms with E-state index in [1.807, 2.05) is 31.2 Å². The molecule has 1 heterocycles. The molecule has 6 heteroatoms. The molecule has 1 aliphatic rings. The summed E-state index contributed by atoms with van der Waals surface area (Å²) in [7, 11) is 0. The van der Waals surface area contributed by atoms with Crippen LogP contribution < -0.4 is 10.1 Å². The average Bonchev–Trinajstić information content (AvgIpc) is 2.93. The molecule has 1 saturated heterocycles. The summed E-state index contributed by atoms with van der Waals surface area (Å²) in [4.78, 5) is 23.3. The van der Waals surface area contributed by atoms with Gasteiger partial charge in [0, 0.05) is 12.2 Å². The Morgan fingerprint density at radius 2 is 2.27 bits per heavy atom. The zero-order valence-electron chi connectivity index (χ0n) is 12.6. The van der Waals surface area contributed by atoms with Gasteiger partial charge in [0.1, 0.15) is 11.3 Å². The Hall–Kier alpha value is -1.69. The second-order valence-corrected chi connectivity index (χ2v) is 6.61. The van der Waals surface area contributed by atoms with Crippen molar-refractivity contribution in [1.29, 1.82) is 0 Å². The molecular formula is C16H21NO4S. The Morgan fingerprint density at radius 3 is 2.91 bits per heavy atom. The van der Waals surface area contributed by atoms with E-state index in [0.29, 0.717) is 25.2 Å². The van der Waals surface area contributed by atoms with E-state index in [1.54, 1.807) is 11.8 Å². The Labute approximate surface area is 134 Å². The monoisotopic (exact) mass is 323 g/mol. The first-order chi connectivity index (χ1) is 10.5. The Bertz CT molecular complexity index is 541. The molecule has 1 aromatic carbocycles. The van der Waals surface area contributed by atoms with Crippen LogP contribution in [0.5, 0.6) is 5.75 Å². The molecule has 2 N–H and O–H groups in total. The average molecular weight is 323 g/mol. The van der Waals surface area contributed by atoms with E-state index >= 15 is 0 Å². The summed E-state index contributed by atoms with van der Waals surface area (Å²) in [6, 6.07) is 7.73. The van der Waals surface area contributed by atoms with Gasteiger partial charge < -0.3 is 15.2 Å². The number of nitrogens with one attached hydrogen (secondary N) is 1. The first-order valence-corrected chi connectivity index (χ1v) is 8.49. The first kappa shape index (κ1) is 16.7. The second kappa shape index (κ2) is 7.54. The van der Waals surface area contributed by atoms with Crippen molar-refractivity contribution in [3.05, 3.63) is 29.8 Å². The summed E-state index contributed by atoms with van der Waals surface area (Å²) in [5.74, 6) is 0.825. The van der Waals surface area contributed by atoms with Gasteiger partial charge in [0.05, 0.1) is 6.61 Å². The lowest BCUT2D eigenvalue weighted by atomic mass is 9.99. The minimum absolute atomic E-state index is 0.224. The molecule has 1 fully saturated rings. The van der Waals surface area contributed by atoms with Gasteiger partial charge in [0.15, 0.2) is 0 Å². The fourth-order valence-electron chi connectivity index (χ4n) is 2.34. The number of ether oxygens (including phenoxy) is 1. The van der Waals surface area contributed by atoms with Crippen LogP contribution in [0.3, 0.4) is 0 Å². The number of hydrogen-bond acceptors (Lipinski definition) is 4. The summed E-state index contributed by atoms with van der Waals surface area (Å²) in [6.45, 7) is 2.43. The molecule has 0 aromatic heterocycles. The number of carbonyl (C=O) groups excluding carboxylic acids is 1. The SMILES string of the molecule is Cc1cccc(OCCCC(=O)NC2(C(=O)O)CCSC2)c1. The summed E-state index contributed by atoms with van der Waals surface area (Å²) in [6.07, 6.45) is 1.31. The van der Waals surface area contributed by atoms with E-state index in [0.717, 1.165) is 17.1 Å². The van der Waals surface area contributed by atoms with Crippen LogP contribution in [0.4, 0.5) is 0 Å². The highest BCUT2D eigenvalue weighted by molar-refractivity contribution is 7.99. The zero-order chi connectivity index (χ0) is 16.0. The van der Waals surface area contributed by atoms with Crippen LogP contribution >= 0.6 is 11.8 Å². The van der Waals surface area contributed by atoms with E-state index in [-0.39, 0.29) is 12.3 Å². The van der Waals surface area contributed by atoms with E-state index in [4.69, 9.17) is 4.74 Å². The van der Waals surface area contributed by atoms with Crippen molar-refractivity contribution in [2.24, 2.45) is 0 Å². The van der Waals surface area contributed by atoms with Crippen molar-refractivity contribution in [3.8, 4) is 5.75 Å². The van der Waals surface area contributed by atoms with Gasteiger partial charge in [-0.2, -0.15) is 11.8 Å². The van der Waals surface area contributed by atoms with Crippen molar-refractivity contribution in [2.45, 2.75) is 31.7 Å². The van der Waals surface area contributed by atoms with Crippen LogP contribution in [0.1, 0.15) is 24.8 Å². The van der Waals surface area contributed by atoms with Gasteiger partial charge in [0.2, 0.25) is 5.91 Å².